The van der Waals surface area contributed by atoms with Gasteiger partial charge in [0.15, 0.2) is 0 Å². The minimum Gasteiger partial charge on any atom is -0.493 e. The van der Waals surface area contributed by atoms with E-state index in [1.165, 1.54) is 0 Å². The number of hydrogen-bond acceptors (Lipinski definition) is 3. The number of H-pyrrole nitrogens is 1. The number of benzene rings is 1. The lowest BCUT2D eigenvalue weighted by Gasteiger charge is -2.09. The van der Waals surface area contributed by atoms with Crippen LogP contribution in [0, 0.1) is 0 Å². The third kappa shape index (κ3) is 2.90. The third-order valence-corrected chi connectivity index (χ3v) is 4.59. The van der Waals surface area contributed by atoms with Crippen molar-refractivity contribution >= 4 is 31.9 Å². The standard InChI is InChI=1S/C13H12Br2N2O2/c1-6(2)10-12(18)16-11(17-13(10)19)7-3-4-8(14)9(15)5-7/h3-6H,1-2H3,(H2,16,17,18,19). The Kier molecular flexibility index (Phi) is 4.10. The van der Waals surface area contributed by atoms with Crippen molar-refractivity contribution < 1.29 is 5.11 Å². The highest BCUT2D eigenvalue weighted by molar-refractivity contribution is 9.13. The van der Waals surface area contributed by atoms with E-state index in [2.05, 4.69) is 41.8 Å². The van der Waals surface area contributed by atoms with Gasteiger partial charge in [-0.3, -0.25) is 4.79 Å². The summed E-state index contributed by atoms with van der Waals surface area (Å²) in [6.07, 6.45) is 0. The zero-order valence-electron chi connectivity index (χ0n) is 10.4. The first-order chi connectivity index (χ1) is 8.90. The van der Waals surface area contributed by atoms with E-state index in [0.717, 1.165) is 14.5 Å². The second kappa shape index (κ2) is 5.46. The Labute approximate surface area is 127 Å². The summed E-state index contributed by atoms with van der Waals surface area (Å²) in [4.78, 5) is 18.7. The summed E-state index contributed by atoms with van der Waals surface area (Å²) in [6.45, 7) is 3.67. The molecule has 0 radical (unpaired) electrons. The van der Waals surface area contributed by atoms with Gasteiger partial charge in [0.05, 0.1) is 5.56 Å². The molecule has 19 heavy (non-hydrogen) atoms. The molecule has 0 atom stereocenters. The van der Waals surface area contributed by atoms with Crippen LogP contribution in [-0.2, 0) is 0 Å². The zero-order valence-corrected chi connectivity index (χ0v) is 13.5. The molecule has 6 heteroatoms. The molecule has 0 aliphatic rings. The first kappa shape index (κ1) is 14.3. The number of aromatic hydroxyl groups is 1. The fourth-order valence-corrected chi connectivity index (χ4v) is 2.40. The number of hydrogen-bond donors (Lipinski definition) is 2. The second-order valence-electron chi connectivity index (χ2n) is 4.44. The van der Waals surface area contributed by atoms with E-state index in [1.54, 1.807) is 0 Å². The van der Waals surface area contributed by atoms with Crippen molar-refractivity contribution in [3.05, 3.63) is 43.1 Å². The summed E-state index contributed by atoms with van der Waals surface area (Å²) in [5.41, 5.74) is 0.717. The molecule has 0 saturated carbocycles. The van der Waals surface area contributed by atoms with Gasteiger partial charge in [0, 0.05) is 14.5 Å². The van der Waals surface area contributed by atoms with Crippen LogP contribution < -0.4 is 5.56 Å². The van der Waals surface area contributed by atoms with Crippen LogP contribution in [0.1, 0.15) is 25.3 Å². The lowest BCUT2D eigenvalue weighted by molar-refractivity contribution is 0.440. The van der Waals surface area contributed by atoms with Crippen molar-refractivity contribution in [3.63, 3.8) is 0 Å². The van der Waals surface area contributed by atoms with E-state index in [4.69, 9.17) is 0 Å². The highest BCUT2D eigenvalue weighted by Gasteiger charge is 2.15. The maximum absolute atomic E-state index is 12.0. The summed E-state index contributed by atoms with van der Waals surface area (Å²) in [6, 6.07) is 5.46. The van der Waals surface area contributed by atoms with Crippen molar-refractivity contribution in [2.24, 2.45) is 0 Å². The monoisotopic (exact) mass is 386 g/mol. The van der Waals surface area contributed by atoms with Gasteiger partial charge < -0.3 is 10.1 Å². The Morgan fingerprint density at radius 2 is 1.95 bits per heavy atom. The maximum atomic E-state index is 12.0. The molecule has 0 unspecified atom stereocenters. The number of aromatic amines is 1. The molecule has 0 amide bonds. The summed E-state index contributed by atoms with van der Waals surface area (Å²) in [7, 11) is 0. The lowest BCUT2D eigenvalue weighted by Crippen LogP contribution is -2.16. The molecular formula is C13H12Br2N2O2. The van der Waals surface area contributed by atoms with Crippen molar-refractivity contribution in [3.8, 4) is 17.3 Å². The van der Waals surface area contributed by atoms with Crippen LogP contribution in [0.5, 0.6) is 5.88 Å². The molecule has 4 nitrogen and oxygen atoms in total. The molecule has 0 bridgehead atoms. The Balaban J connectivity index is 2.58. The van der Waals surface area contributed by atoms with Gasteiger partial charge in [0.1, 0.15) is 5.82 Å². The lowest BCUT2D eigenvalue weighted by atomic mass is 10.1. The van der Waals surface area contributed by atoms with Gasteiger partial charge in [-0.05, 0) is 49.9 Å². The van der Waals surface area contributed by atoms with Crippen molar-refractivity contribution in [1.29, 1.82) is 0 Å². The van der Waals surface area contributed by atoms with Crippen LogP contribution in [0.2, 0.25) is 0 Å². The molecule has 0 aliphatic heterocycles. The molecule has 0 aliphatic carbocycles. The Bertz CT molecular complexity index is 681. The van der Waals surface area contributed by atoms with Crippen molar-refractivity contribution in [2.45, 2.75) is 19.8 Å². The van der Waals surface area contributed by atoms with E-state index in [1.807, 2.05) is 32.0 Å². The first-order valence-electron chi connectivity index (χ1n) is 5.68. The topological polar surface area (TPSA) is 66.0 Å². The van der Waals surface area contributed by atoms with Crippen LogP contribution >= 0.6 is 31.9 Å². The van der Waals surface area contributed by atoms with Crippen LogP contribution in [0.15, 0.2) is 31.9 Å². The summed E-state index contributed by atoms with van der Waals surface area (Å²) < 4.78 is 1.75. The minimum absolute atomic E-state index is 0.0815. The molecule has 1 aromatic carbocycles. The van der Waals surface area contributed by atoms with Crippen LogP contribution in [-0.4, -0.2) is 15.1 Å². The van der Waals surface area contributed by atoms with E-state index >= 15 is 0 Å². The fraction of sp³-hybridized carbons (Fsp3) is 0.231. The highest BCUT2D eigenvalue weighted by Crippen LogP contribution is 2.28. The normalized spacial score (nSPS) is 11.0. The van der Waals surface area contributed by atoms with Crippen LogP contribution in [0.4, 0.5) is 0 Å². The summed E-state index contributed by atoms with van der Waals surface area (Å²) in [5.74, 6) is 0.0508. The number of halogens is 2. The van der Waals surface area contributed by atoms with Gasteiger partial charge in [-0.2, -0.15) is 4.98 Å². The molecule has 0 fully saturated rings. The summed E-state index contributed by atoms with van der Waals surface area (Å²) in [5, 5.41) is 9.88. The molecule has 2 aromatic rings. The van der Waals surface area contributed by atoms with E-state index < -0.39 is 0 Å². The van der Waals surface area contributed by atoms with Gasteiger partial charge in [0.2, 0.25) is 5.88 Å². The predicted molar refractivity (Wildman–Crippen MR) is 81.4 cm³/mol. The molecular weight excluding hydrogens is 376 g/mol. The molecule has 1 heterocycles. The predicted octanol–water partition coefficient (Wildman–Crippen LogP) is 3.79. The number of rotatable bonds is 2. The Hall–Kier alpha value is -1.14. The number of aromatic nitrogens is 2. The average molecular weight is 388 g/mol. The Morgan fingerprint density at radius 1 is 1.26 bits per heavy atom. The van der Waals surface area contributed by atoms with Gasteiger partial charge in [-0.15, -0.1) is 0 Å². The van der Waals surface area contributed by atoms with Crippen molar-refractivity contribution in [2.75, 3.05) is 0 Å². The van der Waals surface area contributed by atoms with Crippen LogP contribution in [0.3, 0.4) is 0 Å². The van der Waals surface area contributed by atoms with Gasteiger partial charge >= 0.3 is 0 Å². The minimum atomic E-state index is -0.309. The molecule has 1 aromatic heterocycles. The number of nitrogens with zero attached hydrogens (tertiary/aromatic N) is 1. The Morgan fingerprint density at radius 3 is 2.47 bits per heavy atom. The molecule has 0 spiro atoms. The summed E-state index contributed by atoms with van der Waals surface area (Å²) >= 11 is 6.76. The van der Waals surface area contributed by atoms with E-state index in [-0.39, 0.29) is 17.4 Å². The van der Waals surface area contributed by atoms with Crippen LogP contribution in [0.25, 0.3) is 11.4 Å². The molecule has 100 valence electrons. The maximum Gasteiger partial charge on any atom is 0.258 e. The SMILES string of the molecule is CC(C)c1c(O)nc(-c2ccc(Br)c(Br)c2)[nH]c1=O. The quantitative estimate of drug-likeness (QED) is 0.823. The van der Waals surface area contributed by atoms with E-state index in [9.17, 15) is 9.90 Å². The fourth-order valence-electron chi connectivity index (χ4n) is 1.77. The van der Waals surface area contributed by atoms with Gasteiger partial charge in [-0.25, -0.2) is 0 Å². The number of nitrogens with one attached hydrogen (secondary N) is 1. The third-order valence-electron chi connectivity index (χ3n) is 2.71. The average Bonchev–Trinajstić information content (AvgIpc) is 2.31. The molecule has 2 N–H and O–H groups in total. The molecule has 0 saturated heterocycles. The molecule has 2 rings (SSSR count). The highest BCUT2D eigenvalue weighted by atomic mass is 79.9. The largest absolute Gasteiger partial charge is 0.493 e. The van der Waals surface area contributed by atoms with Gasteiger partial charge in [0.25, 0.3) is 5.56 Å². The van der Waals surface area contributed by atoms with E-state index in [0.29, 0.717) is 11.4 Å². The first-order valence-corrected chi connectivity index (χ1v) is 7.27. The van der Waals surface area contributed by atoms with Gasteiger partial charge in [-0.1, -0.05) is 19.9 Å². The zero-order chi connectivity index (χ0) is 14.2. The second-order valence-corrected chi connectivity index (χ2v) is 6.14. The smallest absolute Gasteiger partial charge is 0.258 e. The van der Waals surface area contributed by atoms with Crippen molar-refractivity contribution in [1.82, 2.24) is 9.97 Å².